The monoisotopic (exact) mass is 347 g/mol. The van der Waals surface area contributed by atoms with Crippen LogP contribution < -0.4 is 0 Å². The maximum atomic E-state index is 5.98. The SMILES string of the molecule is C(/OCc1ccccc1)=C(\c1ccc2cnccc2c1)C1CCSC1. The Balaban J connectivity index is 1.61. The molecule has 0 radical (unpaired) electrons. The second-order valence-electron chi connectivity index (χ2n) is 6.37. The zero-order chi connectivity index (χ0) is 16.9. The Labute approximate surface area is 152 Å². The van der Waals surface area contributed by atoms with Crippen molar-refractivity contribution in [2.24, 2.45) is 5.92 Å². The third-order valence-electron chi connectivity index (χ3n) is 4.65. The molecule has 3 heteroatoms. The molecule has 4 rings (SSSR count). The van der Waals surface area contributed by atoms with E-state index in [1.165, 1.54) is 45.4 Å². The lowest BCUT2D eigenvalue weighted by molar-refractivity contribution is 0.236. The summed E-state index contributed by atoms with van der Waals surface area (Å²) < 4.78 is 5.98. The van der Waals surface area contributed by atoms with Crippen LogP contribution in [0.3, 0.4) is 0 Å². The highest BCUT2D eigenvalue weighted by Gasteiger charge is 2.21. The summed E-state index contributed by atoms with van der Waals surface area (Å²) >= 11 is 2.03. The number of benzene rings is 2. The molecule has 1 aromatic heterocycles. The van der Waals surface area contributed by atoms with Crippen LogP contribution in [0.4, 0.5) is 0 Å². The Morgan fingerprint density at radius 3 is 2.88 bits per heavy atom. The predicted octanol–water partition coefficient (Wildman–Crippen LogP) is 5.55. The van der Waals surface area contributed by atoms with Crippen molar-refractivity contribution in [1.82, 2.24) is 4.98 Å². The summed E-state index contributed by atoms with van der Waals surface area (Å²) in [4.78, 5) is 4.21. The summed E-state index contributed by atoms with van der Waals surface area (Å²) in [6.45, 7) is 0.613. The number of hydrogen-bond donors (Lipinski definition) is 0. The minimum atomic E-state index is 0.570. The summed E-state index contributed by atoms with van der Waals surface area (Å²) in [5.74, 6) is 2.98. The first kappa shape index (κ1) is 16.2. The van der Waals surface area contributed by atoms with Gasteiger partial charge in [-0.2, -0.15) is 11.8 Å². The Morgan fingerprint density at radius 2 is 2.04 bits per heavy atom. The van der Waals surface area contributed by atoms with Crippen LogP contribution in [-0.2, 0) is 11.3 Å². The summed E-state index contributed by atoms with van der Waals surface area (Å²) in [5.41, 5.74) is 3.78. The van der Waals surface area contributed by atoms with Crippen LogP contribution in [0.15, 0.2) is 73.3 Å². The van der Waals surface area contributed by atoms with Gasteiger partial charge >= 0.3 is 0 Å². The number of rotatable bonds is 5. The van der Waals surface area contributed by atoms with Gasteiger partial charge in [0, 0.05) is 23.5 Å². The van der Waals surface area contributed by atoms with Crippen LogP contribution in [-0.4, -0.2) is 16.5 Å². The second kappa shape index (κ2) is 7.75. The maximum absolute atomic E-state index is 5.98. The molecule has 2 heterocycles. The van der Waals surface area contributed by atoms with E-state index in [0.29, 0.717) is 12.5 Å². The summed E-state index contributed by atoms with van der Waals surface area (Å²) in [6.07, 6.45) is 6.98. The normalized spacial score (nSPS) is 17.8. The van der Waals surface area contributed by atoms with Crippen molar-refractivity contribution >= 4 is 28.1 Å². The molecule has 0 bridgehead atoms. The molecular formula is C22H21NOS. The lowest BCUT2D eigenvalue weighted by Crippen LogP contribution is -2.03. The molecule has 25 heavy (non-hydrogen) atoms. The fourth-order valence-corrected chi connectivity index (χ4v) is 4.49. The highest BCUT2D eigenvalue weighted by Crippen LogP contribution is 2.36. The molecule has 1 atom stereocenters. The Hall–Kier alpha value is -2.26. The van der Waals surface area contributed by atoms with E-state index < -0.39 is 0 Å². The Kier molecular flexibility index (Phi) is 5.03. The molecule has 126 valence electrons. The van der Waals surface area contributed by atoms with Gasteiger partial charge in [0.15, 0.2) is 0 Å². The lowest BCUT2D eigenvalue weighted by atomic mass is 9.92. The van der Waals surface area contributed by atoms with Crippen LogP contribution in [0, 0.1) is 5.92 Å². The van der Waals surface area contributed by atoms with E-state index in [1.54, 1.807) is 0 Å². The first-order valence-corrected chi connectivity index (χ1v) is 9.83. The third kappa shape index (κ3) is 3.88. The van der Waals surface area contributed by atoms with Gasteiger partial charge in [0.25, 0.3) is 0 Å². The number of hydrogen-bond acceptors (Lipinski definition) is 3. The molecule has 1 aliphatic rings. The Morgan fingerprint density at radius 1 is 1.12 bits per heavy atom. The van der Waals surface area contributed by atoms with E-state index in [9.17, 15) is 0 Å². The molecule has 0 spiro atoms. The van der Waals surface area contributed by atoms with Crippen molar-refractivity contribution < 1.29 is 4.74 Å². The van der Waals surface area contributed by atoms with Gasteiger partial charge in [0.05, 0.1) is 6.26 Å². The highest BCUT2D eigenvalue weighted by molar-refractivity contribution is 7.99. The highest BCUT2D eigenvalue weighted by atomic mass is 32.2. The van der Waals surface area contributed by atoms with Gasteiger partial charge in [0.1, 0.15) is 6.61 Å². The fraction of sp³-hybridized carbons (Fsp3) is 0.227. The van der Waals surface area contributed by atoms with Crippen LogP contribution in [0.5, 0.6) is 0 Å². The molecule has 0 saturated carbocycles. The van der Waals surface area contributed by atoms with E-state index in [0.717, 1.165) is 0 Å². The van der Waals surface area contributed by atoms with E-state index in [-0.39, 0.29) is 0 Å². The molecular weight excluding hydrogens is 326 g/mol. The fourth-order valence-electron chi connectivity index (χ4n) is 3.24. The van der Waals surface area contributed by atoms with Crippen LogP contribution in [0.1, 0.15) is 17.5 Å². The standard InChI is InChI=1S/C22H21NOS/c1-2-4-17(5-3-1)14-24-15-22(21-9-11-25-16-21)19-6-7-20-13-23-10-8-18(20)12-19/h1-8,10,12-13,15,21H,9,11,14,16H2/b22-15-. The van der Waals surface area contributed by atoms with Crippen molar-refractivity contribution in [3.8, 4) is 0 Å². The van der Waals surface area contributed by atoms with Crippen LogP contribution >= 0.6 is 11.8 Å². The third-order valence-corrected chi connectivity index (χ3v) is 5.81. The number of nitrogens with zero attached hydrogens (tertiary/aromatic N) is 1. The Bertz CT molecular complexity index is 869. The van der Waals surface area contributed by atoms with E-state index in [1.807, 2.05) is 48.6 Å². The predicted molar refractivity (Wildman–Crippen MR) is 106 cm³/mol. The van der Waals surface area contributed by atoms with Gasteiger partial charge in [-0.3, -0.25) is 4.98 Å². The average molecular weight is 347 g/mol. The smallest absolute Gasteiger partial charge is 0.112 e. The second-order valence-corrected chi connectivity index (χ2v) is 7.52. The minimum Gasteiger partial charge on any atom is -0.496 e. The van der Waals surface area contributed by atoms with Crippen molar-refractivity contribution in [3.63, 3.8) is 0 Å². The van der Waals surface area contributed by atoms with Crippen LogP contribution in [0.2, 0.25) is 0 Å². The molecule has 3 aromatic rings. The average Bonchev–Trinajstić information content (AvgIpc) is 3.20. The van der Waals surface area contributed by atoms with Crippen molar-refractivity contribution in [2.45, 2.75) is 13.0 Å². The molecule has 1 fully saturated rings. The van der Waals surface area contributed by atoms with E-state index in [2.05, 4.69) is 41.4 Å². The van der Waals surface area contributed by atoms with Gasteiger partial charge < -0.3 is 4.74 Å². The topological polar surface area (TPSA) is 22.1 Å². The van der Waals surface area contributed by atoms with Gasteiger partial charge in [-0.15, -0.1) is 0 Å². The summed E-state index contributed by atoms with van der Waals surface area (Å²) in [6, 6.07) is 19.0. The molecule has 0 aliphatic carbocycles. The molecule has 2 aromatic carbocycles. The quantitative estimate of drug-likeness (QED) is 0.565. The number of fused-ring (bicyclic) bond motifs is 1. The summed E-state index contributed by atoms with van der Waals surface area (Å²) in [7, 11) is 0. The first-order valence-electron chi connectivity index (χ1n) is 8.67. The lowest BCUT2D eigenvalue weighted by Gasteiger charge is -2.15. The summed E-state index contributed by atoms with van der Waals surface area (Å²) in [5, 5.41) is 2.41. The van der Waals surface area contributed by atoms with Gasteiger partial charge in [0.2, 0.25) is 0 Å². The molecule has 1 aliphatic heterocycles. The largest absolute Gasteiger partial charge is 0.496 e. The minimum absolute atomic E-state index is 0.570. The van der Waals surface area contributed by atoms with E-state index in [4.69, 9.17) is 4.74 Å². The zero-order valence-electron chi connectivity index (χ0n) is 14.1. The zero-order valence-corrected chi connectivity index (χ0v) is 14.9. The van der Waals surface area contributed by atoms with Crippen molar-refractivity contribution in [2.75, 3.05) is 11.5 Å². The number of allylic oxidation sites excluding steroid dienone is 1. The van der Waals surface area contributed by atoms with Crippen LogP contribution in [0.25, 0.3) is 16.3 Å². The molecule has 2 nitrogen and oxygen atoms in total. The number of aromatic nitrogens is 1. The number of thioether (sulfide) groups is 1. The molecule has 0 amide bonds. The van der Waals surface area contributed by atoms with Crippen molar-refractivity contribution in [3.05, 3.63) is 84.4 Å². The first-order chi connectivity index (χ1) is 12.4. The molecule has 1 saturated heterocycles. The van der Waals surface area contributed by atoms with Gasteiger partial charge in [-0.1, -0.05) is 42.5 Å². The molecule has 1 unspecified atom stereocenters. The van der Waals surface area contributed by atoms with Gasteiger partial charge in [-0.25, -0.2) is 0 Å². The molecule has 0 N–H and O–H groups in total. The number of pyridine rings is 1. The maximum Gasteiger partial charge on any atom is 0.112 e. The van der Waals surface area contributed by atoms with Gasteiger partial charge in [-0.05, 0) is 52.3 Å². The van der Waals surface area contributed by atoms with E-state index >= 15 is 0 Å². The van der Waals surface area contributed by atoms with Crippen molar-refractivity contribution in [1.29, 1.82) is 0 Å². The number of ether oxygens (including phenoxy) is 1.